The summed E-state index contributed by atoms with van der Waals surface area (Å²) in [6.07, 6.45) is 3.15. The molecular weight excluding hydrogens is 471 g/mol. The van der Waals surface area contributed by atoms with Gasteiger partial charge in [-0.05, 0) is 50.5 Å². The summed E-state index contributed by atoms with van der Waals surface area (Å²) in [5.74, 6) is -0.226. The molecule has 0 amide bonds. The van der Waals surface area contributed by atoms with Crippen molar-refractivity contribution in [1.29, 1.82) is 0 Å². The van der Waals surface area contributed by atoms with E-state index in [-0.39, 0.29) is 17.0 Å². The third-order valence-electron chi connectivity index (χ3n) is 7.21. The maximum absolute atomic E-state index is 14.3. The number of aliphatic hydroxyl groups excluding tert-OH is 2. The molecule has 4 atom stereocenters. The Bertz CT molecular complexity index is 1410. The minimum absolute atomic E-state index is 0.0456. The van der Waals surface area contributed by atoms with Crippen molar-refractivity contribution in [3.63, 3.8) is 0 Å². The summed E-state index contributed by atoms with van der Waals surface area (Å²) in [5.41, 5.74) is 5.89. The predicted molar refractivity (Wildman–Crippen MR) is 133 cm³/mol. The van der Waals surface area contributed by atoms with Gasteiger partial charge in [0.05, 0.1) is 36.1 Å². The highest BCUT2D eigenvalue weighted by Crippen LogP contribution is 2.41. The lowest BCUT2D eigenvalue weighted by atomic mass is 9.91. The Hall–Kier alpha value is -2.94. The third kappa shape index (κ3) is 3.90. The number of hydrogen-bond acceptors (Lipinski definition) is 5. The van der Waals surface area contributed by atoms with E-state index in [0.29, 0.717) is 29.8 Å². The Kier molecular flexibility index (Phi) is 6.07. The van der Waals surface area contributed by atoms with E-state index in [1.54, 1.807) is 13.2 Å². The summed E-state index contributed by atoms with van der Waals surface area (Å²) < 4.78 is 21.7. The van der Waals surface area contributed by atoms with Crippen molar-refractivity contribution >= 4 is 22.6 Å². The van der Waals surface area contributed by atoms with E-state index >= 15 is 0 Å². The number of halogens is 2. The van der Waals surface area contributed by atoms with Crippen LogP contribution < -0.4 is 4.74 Å². The molecule has 9 heteroatoms. The first-order valence-corrected chi connectivity index (χ1v) is 12.0. The molecule has 184 valence electrons. The van der Waals surface area contributed by atoms with Gasteiger partial charge in [0.1, 0.15) is 17.2 Å². The first-order chi connectivity index (χ1) is 16.7. The molecule has 3 N–H and O–H groups in total. The van der Waals surface area contributed by atoms with Crippen LogP contribution >= 0.6 is 11.6 Å². The molecule has 1 unspecified atom stereocenters. The van der Waals surface area contributed by atoms with Crippen molar-refractivity contribution in [2.75, 3.05) is 7.11 Å². The first-order valence-electron chi connectivity index (χ1n) is 11.6. The minimum Gasteiger partial charge on any atom is -0.496 e. The fourth-order valence-electron chi connectivity index (χ4n) is 5.41. The molecule has 35 heavy (non-hydrogen) atoms. The molecule has 0 aliphatic heterocycles. The van der Waals surface area contributed by atoms with E-state index < -0.39 is 18.0 Å². The number of fused-ring (bicyclic) bond motifs is 1. The topological polar surface area (TPSA) is 96.2 Å². The fourth-order valence-corrected chi connectivity index (χ4v) is 5.73. The molecule has 1 saturated carbocycles. The number of nitrogens with one attached hydrogen (secondary N) is 1. The Morgan fingerprint density at radius 3 is 2.63 bits per heavy atom. The van der Waals surface area contributed by atoms with Crippen LogP contribution in [0.5, 0.6) is 5.75 Å². The van der Waals surface area contributed by atoms with Gasteiger partial charge in [-0.2, -0.15) is 5.10 Å². The highest BCUT2D eigenvalue weighted by Gasteiger charge is 2.34. The van der Waals surface area contributed by atoms with Crippen LogP contribution in [-0.4, -0.2) is 49.3 Å². The normalized spacial score (nSPS) is 21.1. The molecular formula is C26H28ClFN4O3. The number of pyridine rings is 1. The summed E-state index contributed by atoms with van der Waals surface area (Å²) >= 11 is 6.37. The average Bonchev–Trinajstić information content (AvgIpc) is 3.49. The highest BCUT2D eigenvalue weighted by atomic mass is 35.5. The minimum atomic E-state index is -0.735. The number of aromatic nitrogens is 4. The molecule has 3 heterocycles. The van der Waals surface area contributed by atoms with Gasteiger partial charge in [-0.15, -0.1) is 0 Å². The Labute approximate surface area is 207 Å². The van der Waals surface area contributed by atoms with E-state index in [4.69, 9.17) is 21.4 Å². The van der Waals surface area contributed by atoms with Crippen LogP contribution in [0, 0.1) is 19.7 Å². The number of benzene rings is 1. The van der Waals surface area contributed by atoms with Crippen LogP contribution in [-0.2, 0) is 0 Å². The van der Waals surface area contributed by atoms with Crippen LogP contribution in [0.1, 0.15) is 54.2 Å². The third-order valence-corrected chi connectivity index (χ3v) is 7.59. The van der Waals surface area contributed by atoms with Gasteiger partial charge in [0, 0.05) is 46.1 Å². The Morgan fingerprint density at radius 2 is 1.94 bits per heavy atom. The molecule has 1 aliphatic rings. The quantitative estimate of drug-likeness (QED) is 0.357. The zero-order valence-corrected chi connectivity index (χ0v) is 20.8. The second kappa shape index (κ2) is 8.93. The molecule has 0 saturated heterocycles. The first kappa shape index (κ1) is 23.8. The Balaban J connectivity index is 1.59. The summed E-state index contributed by atoms with van der Waals surface area (Å²) in [6, 6.07) is 4.89. The van der Waals surface area contributed by atoms with Crippen molar-refractivity contribution in [2.24, 2.45) is 0 Å². The number of H-pyrrole nitrogens is 1. The van der Waals surface area contributed by atoms with Crippen LogP contribution in [0.15, 0.2) is 30.6 Å². The van der Waals surface area contributed by atoms with E-state index in [0.717, 1.165) is 33.5 Å². The summed E-state index contributed by atoms with van der Waals surface area (Å²) in [6.45, 7) is 5.90. The van der Waals surface area contributed by atoms with Crippen LogP contribution in [0.4, 0.5) is 4.39 Å². The van der Waals surface area contributed by atoms with Crippen molar-refractivity contribution in [2.45, 2.75) is 57.8 Å². The molecule has 1 aliphatic carbocycles. The molecule has 1 fully saturated rings. The lowest BCUT2D eigenvalue weighted by Crippen LogP contribution is -2.17. The molecule has 3 aromatic heterocycles. The van der Waals surface area contributed by atoms with Gasteiger partial charge in [-0.25, -0.2) is 9.37 Å². The van der Waals surface area contributed by atoms with Gasteiger partial charge in [-0.3, -0.25) is 4.68 Å². The van der Waals surface area contributed by atoms with E-state index in [2.05, 4.69) is 16.0 Å². The lowest BCUT2D eigenvalue weighted by Gasteiger charge is -2.17. The van der Waals surface area contributed by atoms with Gasteiger partial charge in [0.2, 0.25) is 0 Å². The second-order valence-electron chi connectivity index (χ2n) is 9.31. The van der Waals surface area contributed by atoms with Crippen molar-refractivity contribution < 1.29 is 19.3 Å². The van der Waals surface area contributed by atoms with Gasteiger partial charge in [0.15, 0.2) is 0 Å². The maximum Gasteiger partial charge on any atom is 0.142 e. The molecule has 0 spiro atoms. The standard InChI is InChI=1S/C26H28ClFN4O3/c1-12(23-22(35-4)6-5-19(28)25(23)27)18-11-30-26-17(18)7-15(10-29-26)24-13(2)31-32(14(24)3)16-8-20(33)21(34)9-16/h5-7,10-12,16,20-21,33-34H,8-9H2,1-4H3,(H,29,30)/t12-,16?,20-,21+/m0/s1. The summed E-state index contributed by atoms with van der Waals surface area (Å²) in [5, 5.41) is 25.7. The Morgan fingerprint density at radius 1 is 1.23 bits per heavy atom. The van der Waals surface area contributed by atoms with Gasteiger partial charge >= 0.3 is 0 Å². The zero-order chi connectivity index (χ0) is 25.0. The van der Waals surface area contributed by atoms with E-state index in [1.165, 1.54) is 6.07 Å². The number of hydrogen-bond donors (Lipinski definition) is 3. The summed E-state index contributed by atoms with van der Waals surface area (Å²) in [4.78, 5) is 7.85. The second-order valence-corrected chi connectivity index (χ2v) is 9.69. The number of ether oxygens (including phenoxy) is 1. The molecule has 7 nitrogen and oxygen atoms in total. The molecule has 0 bridgehead atoms. The summed E-state index contributed by atoms with van der Waals surface area (Å²) in [7, 11) is 1.54. The van der Waals surface area contributed by atoms with Gasteiger partial charge < -0.3 is 19.9 Å². The fraction of sp³-hybridized carbons (Fsp3) is 0.385. The maximum atomic E-state index is 14.3. The van der Waals surface area contributed by atoms with Gasteiger partial charge in [-0.1, -0.05) is 18.5 Å². The number of aliphatic hydroxyl groups is 2. The number of methoxy groups -OCH3 is 1. The van der Waals surface area contributed by atoms with Crippen LogP contribution in [0.3, 0.4) is 0 Å². The largest absolute Gasteiger partial charge is 0.496 e. The van der Waals surface area contributed by atoms with Crippen molar-refractivity contribution in [3.8, 4) is 16.9 Å². The monoisotopic (exact) mass is 498 g/mol. The molecule has 1 aromatic carbocycles. The number of aryl methyl sites for hydroxylation is 1. The smallest absolute Gasteiger partial charge is 0.142 e. The van der Waals surface area contributed by atoms with E-state index in [9.17, 15) is 14.6 Å². The van der Waals surface area contributed by atoms with Crippen LogP contribution in [0.25, 0.3) is 22.2 Å². The van der Waals surface area contributed by atoms with E-state index in [1.807, 2.05) is 37.8 Å². The highest BCUT2D eigenvalue weighted by molar-refractivity contribution is 6.31. The number of aromatic amines is 1. The van der Waals surface area contributed by atoms with Gasteiger partial charge in [0.25, 0.3) is 0 Å². The zero-order valence-electron chi connectivity index (χ0n) is 20.0. The number of nitrogens with zero attached hydrogens (tertiary/aromatic N) is 3. The predicted octanol–water partition coefficient (Wildman–Crippen LogP) is 5.05. The number of rotatable bonds is 5. The SMILES string of the molecule is COc1ccc(F)c(Cl)c1[C@@H](C)c1c[nH]c2ncc(-c3c(C)nn(C4C[C@@H](O)[C@@H](O)C4)c3C)cc12. The lowest BCUT2D eigenvalue weighted by molar-refractivity contribution is 0.0438. The van der Waals surface area contributed by atoms with Crippen LogP contribution in [0.2, 0.25) is 5.02 Å². The molecule has 4 aromatic rings. The average molecular weight is 499 g/mol. The van der Waals surface area contributed by atoms with Crippen molar-refractivity contribution in [3.05, 3.63) is 63.9 Å². The molecule has 5 rings (SSSR count). The molecule has 0 radical (unpaired) electrons. The van der Waals surface area contributed by atoms with Crippen molar-refractivity contribution in [1.82, 2.24) is 19.7 Å².